The van der Waals surface area contributed by atoms with E-state index in [2.05, 4.69) is 6.58 Å². The summed E-state index contributed by atoms with van der Waals surface area (Å²) in [5.41, 5.74) is 1.51. The number of carbonyl (C=O) groups excluding carboxylic acids is 1. The fraction of sp³-hybridized carbons (Fsp3) is 0.100. The van der Waals surface area contributed by atoms with Gasteiger partial charge in [0.05, 0.1) is 5.76 Å². The zero-order chi connectivity index (χ0) is 8.97. The summed E-state index contributed by atoms with van der Waals surface area (Å²) in [6, 6.07) is 7.07. The van der Waals surface area contributed by atoms with Gasteiger partial charge in [0.15, 0.2) is 0 Å². The van der Waals surface area contributed by atoms with Crippen LogP contribution in [0.2, 0.25) is 0 Å². The summed E-state index contributed by atoms with van der Waals surface area (Å²) >= 11 is 0. The summed E-state index contributed by atoms with van der Waals surface area (Å²) in [5.74, 6) is 0.109. The van der Waals surface area contributed by atoms with Crippen LogP contribution in [0.25, 0.3) is 0 Å². The first-order valence-electron chi connectivity index (χ1n) is 3.63. The van der Waals surface area contributed by atoms with Crippen molar-refractivity contribution in [3.8, 4) is 0 Å². The first-order valence-corrected chi connectivity index (χ1v) is 3.63. The summed E-state index contributed by atoms with van der Waals surface area (Å²) < 4.78 is 0. The molecule has 1 rings (SSSR count). The molecule has 0 unspecified atom stereocenters. The smallest absolute Gasteiger partial charge is 0.150 e. The van der Waals surface area contributed by atoms with E-state index >= 15 is 0 Å². The van der Waals surface area contributed by atoms with E-state index in [0.717, 1.165) is 11.8 Å². The van der Waals surface area contributed by atoms with Gasteiger partial charge in [-0.1, -0.05) is 24.8 Å². The van der Waals surface area contributed by atoms with Gasteiger partial charge in [-0.3, -0.25) is 4.79 Å². The molecule has 1 aromatic carbocycles. The normalized spacial score (nSPS) is 9.33. The third-order valence-corrected chi connectivity index (χ3v) is 1.50. The molecule has 0 amide bonds. The van der Waals surface area contributed by atoms with Gasteiger partial charge in [0, 0.05) is 12.0 Å². The van der Waals surface area contributed by atoms with Crippen LogP contribution in [0.3, 0.4) is 0 Å². The lowest BCUT2D eigenvalue weighted by atomic mass is 10.1. The Morgan fingerprint density at radius 1 is 1.58 bits per heavy atom. The molecule has 0 aliphatic heterocycles. The number of rotatable bonds is 3. The van der Waals surface area contributed by atoms with Gasteiger partial charge in [-0.25, -0.2) is 0 Å². The van der Waals surface area contributed by atoms with Crippen LogP contribution in [0.5, 0.6) is 0 Å². The largest absolute Gasteiger partial charge is 0.513 e. The second-order valence-corrected chi connectivity index (χ2v) is 2.61. The van der Waals surface area contributed by atoms with Crippen molar-refractivity contribution < 1.29 is 9.90 Å². The molecule has 0 aliphatic rings. The number of aliphatic hydroxyl groups excluding tert-OH is 1. The van der Waals surface area contributed by atoms with Gasteiger partial charge in [0.1, 0.15) is 6.29 Å². The number of benzene rings is 1. The first kappa shape index (κ1) is 8.53. The maximum Gasteiger partial charge on any atom is 0.150 e. The van der Waals surface area contributed by atoms with Crippen LogP contribution in [-0.4, -0.2) is 11.4 Å². The second-order valence-electron chi connectivity index (χ2n) is 2.61. The molecule has 1 N–H and O–H groups in total. The summed E-state index contributed by atoms with van der Waals surface area (Å²) in [4.78, 5) is 10.4. The van der Waals surface area contributed by atoms with Crippen LogP contribution >= 0.6 is 0 Å². The molecular formula is C10H10O2. The first-order chi connectivity index (χ1) is 5.72. The molecule has 0 spiro atoms. The van der Waals surface area contributed by atoms with E-state index < -0.39 is 0 Å². The Morgan fingerprint density at radius 3 is 2.92 bits per heavy atom. The van der Waals surface area contributed by atoms with Gasteiger partial charge >= 0.3 is 0 Å². The van der Waals surface area contributed by atoms with E-state index in [-0.39, 0.29) is 5.76 Å². The number of aldehydes is 1. The van der Waals surface area contributed by atoms with Gasteiger partial charge in [0.25, 0.3) is 0 Å². The Morgan fingerprint density at radius 2 is 2.33 bits per heavy atom. The Balaban J connectivity index is 2.86. The average Bonchev–Trinajstić information content (AvgIpc) is 2.03. The highest BCUT2D eigenvalue weighted by Crippen LogP contribution is 2.06. The second kappa shape index (κ2) is 3.72. The Bertz CT molecular complexity index is 302. The van der Waals surface area contributed by atoms with Crippen molar-refractivity contribution in [2.45, 2.75) is 6.42 Å². The average molecular weight is 162 g/mol. The summed E-state index contributed by atoms with van der Waals surface area (Å²) in [5, 5.41) is 8.89. The molecule has 0 fully saturated rings. The number of hydrogen-bond donors (Lipinski definition) is 1. The predicted octanol–water partition coefficient (Wildman–Crippen LogP) is 2.11. The Hall–Kier alpha value is -1.57. The fourth-order valence-corrected chi connectivity index (χ4v) is 1.01. The summed E-state index contributed by atoms with van der Waals surface area (Å²) in [7, 11) is 0. The standard InChI is InChI=1S/C10H10O2/c1-8(12)5-9-3-2-4-10(6-9)7-11/h2-4,6-7,12H,1,5H2. The molecule has 0 aliphatic carbocycles. The van der Waals surface area contributed by atoms with E-state index in [9.17, 15) is 4.79 Å². The van der Waals surface area contributed by atoms with Crippen LogP contribution in [0.4, 0.5) is 0 Å². The lowest BCUT2D eigenvalue weighted by Crippen LogP contribution is -1.89. The SMILES string of the molecule is C=C(O)Cc1cccc(C=O)c1. The number of hydrogen-bond acceptors (Lipinski definition) is 2. The molecule has 2 nitrogen and oxygen atoms in total. The predicted molar refractivity (Wildman–Crippen MR) is 47.3 cm³/mol. The molecule has 2 heteroatoms. The van der Waals surface area contributed by atoms with Crippen LogP contribution in [-0.2, 0) is 6.42 Å². The van der Waals surface area contributed by atoms with Crippen LogP contribution in [0, 0.1) is 0 Å². The molecule has 0 bridgehead atoms. The van der Waals surface area contributed by atoms with Gasteiger partial charge < -0.3 is 5.11 Å². The molecular weight excluding hydrogens is 152 g/mol. The van der Waals surface area contributed by atoms with Crippen molar-refractivity contribution in [3.05, 3.63) is 47.7 Å². The van der Waals surface area contributed by atoms with Gasteiger partial charge in [-0.05, 0) is 11.6 Å². The third-order valence-electron chi connectivity index (χ3n) is 1.50. The molecule has 62 valence electrons. The molecule has 0 heterocycles. The van der Waals surface area contributed by atoms with Gasteiger partial charge in [0.2, 0.25) is 0 Å². The van der Waals surface area contributed by atoms with Crippen molar-refractivity contribution in [1.29, 1.82) is 0 Å². The minimum atomic E-state index is 0.109. The van der Waals surface area contributed by atoms with Gasteiger partial charge in [-0.2, -0.15) is 0 Å². The van der Waals surface area contributed by atoms with Crippen LogP contribution in [0.15, 0.2) is 36.6 Å². The maximum atomic E-state index is 10.4. The monoisotopic (exact) mass is 162 g/mol. The topological polar surface area (TPSA) is 37.3 Å². The highest BCUT2D eigenvalue weighted by molar-refractivity contribution is 5.74. The van der Waals surface area contributed by atoms with E-state index in [1.165, 1.54) is 0 Å². The third kappa shape index (κ3) is 2.23. The van der Waals surface area contributed by atoms with Crippen LogP contribution < -0.4 is 0 Å². The quantitative estimate of drug-likeness (QED) is 0.546. The zero-order valence-corrected chi connectivity index (χ0v) is 6.66. The molecule has 1 aromatic rings. The summed E-state index contributed by atoms with van der Waals surface area (Å²) in [6.07, 6.45) is 1.19. The van der Waals surface area contributed by atoms with Crippen molar-refractivity contribution in [3.63, 3.8) is 0 Å². The zero-order valence-electron chi connectivity index (χ0n) is 6.66. The number of carbonyl (C=O) groups is 1. The lowest BCUT2D eigenvalue weighted by Gasteiger charge is -1.99. The molecule has 0 atom stereocenters. The summed E-state index contributed by atoms with van der Waals surface area (Å²) in [6.45, 7) is 3.37. The highest BCUT2D eigenvalue weighted by atomic mass is 16.3. The highest BCUT2D eigenvalue weighted by Gasteiger charge is 1.95. The minimum Gasteiger partial charge on any atom is -0.513 e. The molecule has 0 saturated heterocycles. The van der Waals surface area contributed by atoms with Crippen molar-refractivity contribution in [1.82, 2.24) is 0 Å². The van der Waals surface area contributed by atoms with Crippen molar-refractivity contribution in [2.24, 2.45) is 0 Å². The molecule has 0 radical (unpaired) electrons. The molecule has 12 heavy (non-hydrogen) atoms. The lowest BCUT2D eigenvalue weighted by molar-refractivity contribution is 0.112. The van der Waals surface area contributed by atoms with Crippen molar-refractivity contribution >= 4 is 6.29 Å². The maximum absolute atomic E-state index is 10.4. The molecule has 0 aromatic heterocycles. The van der Waals surface area contributed by atoms with E-state index in [0.29, 0.717) is 12.0 Å². The van der Waals surface area contributed by atoms with E-state index in [1.54, 1.807) is 18.2 Å². The van der Waals surface area contributed by atoms with Crippen LogP contribution in [0.1, 0.15) is 15.9 Å². The Labute approximate surface area is 71.2 Å². The van der Waals surface area contributed by atoms with E-state index in [4.69, 9.17) is 5.11 Å². The van der Waals surface area contributed by atoms with Gasteiger partial charge in [-0.15, -0.1) is 0 Å². The number of aliphatic hydroxyl groups is 1. The Kier molecular flexibility index (Phi) is 2.64. The fourth-order valence-electron chi connectivity index (χ4n) is 1.01. The number of allylic oxidation sites excluding steroid dienone is 1. The molecule has 0 saturated carbocycles. The minimum absolute atomic E-state index is 0.109. The van der Waals surface area contributed by atoms with Crippen molar-refractivity contribution in [2.75, 3.05) is 0 Å². The van der Waals surface area contributed by atoms with E-state index in [1.807, 2.05) is 6.07 Å².